The minimum absolute atomic E-state index is 0.0181. The maximum Gasteiger partial charge on any atom is 0.250 e. The summed E-state index contributed by atoms with van der Waals surface area (Å²) in [5.74, 6) is -0.225. The Labute approximate surface area is 82.0 Å². The number of rotatable bonds is 3. The molecule has 14 heavy (non-hydrogen) atoms. The van der Waals surface area contributed by atoms with Gasteiger partial charge in [-0.15, -0.1) is 0 Å². The monoisotopic (exact) mass is 195 g/mol. The van der Waals surface area contributed by atoms with Gasteiger partial charge in [0, 0.05) is 12.8 Å². The average molecular weight is 195 g/mol. The molecule has 0 radical (unpaired) electrons. The first-order valence-electron chi connectivity index (χ1n) is 4.07. The molecule has 0 bridgehead atoms. The van der Waals surface area contributed by atoms with Crippen LogP contribution in [0.15, 0.2) is 18.2 Å². The Bertz CT molecular complexity index is 339. The van der Waals surface area contributed by atoms with E-state index >= 15 is 0 Å². The number of benzene rings is 1. The van der Waals surface area contributed by atoms with Crippen LogP contribution in [0, 0.1) is 0 Å². The van der Waals surface area contributed by atoms with Gasteiger partial charge in [-0.1, -0.05) is 0 Å². The fraction of sp³-hybridized carbons (Fsp3) is 0.222. The van der Waals surface area contributed by atoms with Crippen molar-refractivity contribution in [2.45, 2.75) is 0 Å². The van der Waals surface area contributed by atoms with Crippen molar-refractivity contribution in [3.05, 3.63) is 18.2 Å². The van der Waals surface area contributed by atoms with E-state index in [1.165, 1.54) is 7.11 Å². The molecule has 0 aliphatic rings. The molecule has 0 spiro atoms. The van der Waals surface area contributed by atoms with Crippen LogP contribution in [0.2, 0.25) is 0 Å². The van der Waals surface area contributed by atoms with Crippen molar-refractivity contribution >= 4 is 23.0 Å². The predicted molar refractivity (Wildman–Crippen MR) is 55.8 cm³/mol. The fourth-order valence-corrected chi connectivity index (χ4v) is 0.981. The van der Waals surface area contributed by atoms with Crippen molar-refractivity contribution in [1.29, 1.82) is 0 Å². The van der Waals surface area contributed by atoms with E-state index in [9.17, 15) is 4.79 Å². The predicted octanol–water partition coefficient (Wildman–Crippen LogP) is 0.436. The lowest BCUT2D eigenvalue weighted by atomic mass is 10.2. The first-order valence-corrected chi connectivity index (χ1v) is 4.07. The SMILES string of the molecule is COCC(=O)Nc1ccc(N)c(N)c1. The molecule has 1 amide bonds. The molecular weight excluding hydrogens is 182 g/mol. The van der Waals surface area contributed by atoms with Crippen molar-refractivity contribution in [2.75, 3.05) is 30.5 Å². The Morgan fingerprint density at radius 2 is 2.14 bits per heavy atom. The quantitative estimate of drug-likeness (QED) is 0.610. The van der Waals surface area contributed by atoms with Crippen molar-refractivity contribution in [3.8, 4) is 0 Å². The van der Waals surface area contributed by atoms with Gasteiger partial charge in [-0.25, -0.2) is 0 Å². The van der Waals surface area contributed by atoms with Gasteiger partial charge in [0.2, 0.25) is 5.91 Å². The fourth-order valence-electron chi connectivity index (χ4n) is 0.981. The summed E-state index contributed by atoms with van der Waals surface area (Å²) in [6, 6.07) is 4.92. The molecule has 0 saturated heterocycles. The molecule has 0 unspecified atom stereocenters. The standard InChI is InChI=1S/C9H13N3O2/c1-14-5-9(13)12-6-2-3-7(10)8(11)4-6/h2-4H,5,10-11H2,1H3,(H,12,13). The van der Waals surface area contributed by atoms with Gasteiger partial charge in [0.15, 0.2) is 0 Å². The largest absolute Gasteiger partial charge is 0.397 e. The Morgan fingerprint density at radius 3 is 2.71 bits per heavy atom. The second-order valence-corrected chi connectivity index (χ2v) is 2.82. The van der Waals surface area contributed by atoms with Gasteiger partial charge in [-0.2, -0.15) is 0 Å². The Balaban J connectivity index is 2.68. The van der Waals surface area contributed by atoms with Crippen LogP contribution in [-0.2, 0) is 9.53 Å². The van der Waals surface area contributed by atoms with E-state index in [4.69, 9.17) is 11.5 Å². The highest BCUT2D eigenvalue weighted by molar-refractivity contribution is 5.92. The topological polar surface area (TPSA) is 90.4 Å². The smallest absolute Gasteiger partial charge is 0.250 e. The summed E-state index contributed by atoms with van der Waals surface area (Å²) in [6.07, 6.45) is 0. The molecule has 0 saturated carbocycles. The van der Waals surface area contributed by atoms with E-state index in [0.717, 1.165) is 0 Å². The average Bonchev–Trinajstić information content (AvgIpc) is 2.12. The number of nitrogen functional groups attached to an aromatic ring is 2. The molecule has 76 valence electrons. The van der Waals surface area contributed by atoms with Crippen molar-refractivity contribution in [2.24, 2.45) is 0 Å². The number of amides is 1. The second kappa shape index (κ2) is 4.48. The summed E-state index contributed by atoms with van der Waals surface area (Å²) >= 11 is 0. The Kier molecular flexibility index (Phi) is 3.30. The first kappa shape index (κ1) is 10.3. The molecule has 0 fully saturated rings. The third-order valence-electron chi connectivity index (χ3n) is 1.65. The van der Waals surface area contributed by atoms with Gasteiger partial charge in [-0.05, 0) is 18.2 Å². The summed E-state index contributed by atoms with van der Waals surface area (Å²) in [5, 5.41) is 2.61. The minimum Gasteiger partial charge on any atom is -0.397 e. The van der Waals surface area contributed by atoms with Crippen LogP contribution in [0.25, 0.3) is 0 Å². The molecule has 1 aromatic rings. The van der Waals surface area contributed by atoms with Crippen LogP contribution in [0.3, 0.4) is 0 Å². The van der Waals surface area contributed by atoms with Crippen molar-refractivity contribution < 1.29 is 9.53 Å². The zero-order chi connectivity index (χ0) is 10.6. The highest BCUT2D eigenvalue weighted by atomic mass is 16.5. The van der Waals surface area contributed by atoms with E-state index in [1.807, 2.05) is 0 Å². The first-order chi connectivity index (χ1) is 6.63. The number of ether oxygens (including phenoxy) is 1. The Hall–Kier alpha value is -1.75. The summed E-state index contributed by atoms with van der Waals surface area (Å²) in [6.45, 7) is 0.0181. The highest BCUT2D eigenvalue weighted by Crippen LogP contribution is 2.19. The number of carbonyl (C=O) groups is 1. The molecule has 0 aromatic heterocycles. The molecule has 0 atom stereocenters. The lowest BCUT2D eigenvalue weighted by molar-refractivity contribution is -0.119. The lowest BCUT2D eigenvalue weighted by Crippen LogP contribution is -2.17. The number of hydrogen-bond acceptors (Lipinski definition) is 4. The van der Waals surface area contributed by atoms with Gasteiger partial charge in [0.1, 0.15) is 6.61 Å². The van der Waals surface area contributed by atoms with Crippen LogP contribution in [0.1, 0.15) is 0 Å². The number of hydrogen-bond donors (Lipinski definition) is 3. The summed E-state index contributed by atoms with van der Waals surface area (Å²) in [4.78, 5) is 11.1. The summed E-state index contributed by atoms with van der Waals surface area (Å²) in [7, 11) is 1.46. The zero-order valence-electron chi connectivity index (χ0n) is 7.91. The summed E-state index contributed by atoms with van der Waals surface area (Å²) < 4.78 is 4.66. The maximum absolute atomic E-state index is 11.1. The van der Waals surface area contributed by atoms with E-state index in [-0.39, 0.29) is 12.5 Å². The number of nitrogens with one attached hydrogen (secondary N) is 1. The van der Waals surface area contributed by atoms with Crippen molar-refractivity contribution in [1.82, 2.24) is 0 Å². The molecule has 1 rings (SSSR count). The third kappa shape index (κ3) is 2.63. The van der Waals surface area contributed by atoms with Crippen LogP contribution < -0.4 is 16.8 Å². The van der Waals surface area contributed by atoms with Gasteiger partial charge in [-0.3, -0.25) is 4.79 Å². The number of methoxy groups -OCH3 is 1. The maximum atomic E-state index is 11.1. The molecule has 5 heteroatoms. The van der Waals surface area contributed by atoms with Crippen LogP contribution in [0.5, 0.6) is 0 Å². The molecule has 1 aromatic carbocycles. The molecule has 0 aliphatic carbocycles. The molecule has 0 heterocycles. The second-order valence-electron chi connectivity index (χ2n) is 2.82. The molecule has 5 N–H and O–H groups in total. The normalized spacial score (nSPS) is 9.79. The van der Waals surface area contributed by atoms with Gasteiger partial charge < -0.3 is 21.5 Å². The van der Waals surface area contributed by atoms with Crippen LogP contribution in [-0.4, -0.2) is 19.6 Å². The minimum atomic E-state index is -0.225. The van der Waals surface area contributed by atoms with Gasteiger partial charge in [0.05, 0.1) is 11.4 Å². The third-order valence-corrected chi connectivity index (χ3v) is 1.65. The van der Waals surface area contributed by atoms with Crippen LogP contribution in [0.4, 0.5) is 17.1 Å². The summed E-state index contributed by atoms with van der Waals surface area (Å²) in [5.41, 5.74) is 12.6. The van der Waals surface area contributed by atoms with Gasteiger partial charge >= 0.3 is 0 Å². The highest BCUT2D eigenvalue weighted by Gasteiger charge is 2.02. The van der Waals surface area contributed by atoms with Crippen molar-refractivity contribution in [3.63, 3.8) is 0 Å². The molecule has 5 nitrogen and oxygen atoms in total. The molecular formula is C9H13N3O2. The Morgan fingerprint density at radius 1 is 1.43 bits per heavy atom. The van der Waals surface area contributed by atoms with E-state index in [0.29, 0.717) is 17.1 Å². The van der Waals surface area contributed by atoms with Gasteiger partial charge in [0.25, 0.3) is 0 Å². The van der Waals surface area contributed by atoms with E-state index in [2.05, 4.69) is 10.1 Å². The van der Waals surface area contributed by atoms with E-state index in [1.54, 1.807) is 18.2 Å². The number of nitrogens with two attached hydrogens (primary N) is 2. The molecule has 0 aliphatic heterocycles. The number of carbonyl (C=O) groups excluding carboxylic acids is 1. The lowest BCUT2D eigenvalue weighted by Gasteiger charge is -2.06. The zero-order valence-corrected chi connectivity index (χ0v) is 7.91. The van der Waals surface area contributed by atoms with Crippen LogP contribution >= 0.6 is 0 Å². The van der Waals surface area contributed by atoms with E-state index < -0.39 is 0 Å². The number of anilines is 3.